The summed E-state index contributed by atoms with van der Waals surface area (Å²) in [6.45, 7) is 30.7. The van der Waals surface area contributed by atoms with E-state index in [1.54, 1.807) is 46.2 Å². The SMILES string of the molecule is CC(C)CN(C[C@@H](O)[C@@H](N)Cc1ccccc1)C(=O)NC(C)(C)C.CC(C)CN(C[C@@H](O)[C@H](Cc1ccccc1)N=CB=O)C(=O)NC(C)(C)C.CC(C)CNC[C@@H](O)[C@H](Cc1ccccc1)N=CB=O.Cc1ccc(S(=O)(=O)Cl)cc1.Cc1ccc(S(=O)(=O)OC[C@@H](O)[C@H](Cc2ccccc2)N=CB=O)cc1.Cl.Cl.O=BC=N[C@@H](Cc1ccccc1)[C@H](O)C(=O)O.O=BC=N[C@@H](Cc1ccccc1)[C@H](O)CO.[BH3-]C1CCCO1. The Morgan fingerprint density at radius 2 is 0.752 bits per heavy atom. The van der Waals surface area contributed by atoms with Crippen molar-refractivity contribution in [1.29, 1.82) is 0 Å². The molecular weight excluding hydrogens is 2000 g/mol. The van der Waals surface area contributed by atoms with Crippen LogP contribution in [-0.2, 0) is 94.9 Å². The quantitative estimate of drug-likeness (QED) is 0.00729. The molecule has 1 aliphatic rings. The zero-order chi connectivity index (χ0) is 110. The molecule has 1 unspecified atom stereocenters. The number of amides is 4. The number of urea groups is 2. The Labute approximate surface area is 901 Å². The summed E-state index contributed by atoms with van der Waals surface area (Å²) >= 11 is 0. The summed E-state index contributed by atoms with van der Waals surface area (Å²) in [5.41, 5.74) is 13.4. The van der Waals surface area contributed by atoms with Gasteiger partial charge in [0, 0.05) is 42.0 Å². The first kappa shape index (κ1) is 139. The number of nitrogens with one attached hydrogen (secondary N) is 3. The first-order valence-corrected chi connectivity index (χ1v) is 51.9. The molecular formula is C105H153B6Cl3N11O22S2-. The number of nitrogens with zero attached hydrogens (tertiary/aromatic N) is 7. The Morgan fingerprint density at radius 1 is 0.450 bits per heavy atom. The summed E-state index contributed by atoms with van der Waals surface area (Å²) in [6, 6.07) is 67.0. The number of benzene rings is 8. The van der Waals surface area contributed by atoms with Crippen molar-refractivity contribution in [3.05, 3.63) is 275 Å². The number of aryl methyl sites for hydroxylation is 2. The van der Waals surface area contributed by atoms with E-state index < -0.39 is 98.6 Å². The summed E-state index contributed by atoms with van der Waals surface area (Å²) in [4.78, 5) is 59.2. The van der Waals surface area contributed by atoms with Gasteiger partial charge in [-0.3, -0.25) is 0 Å². The number of hydrogen-bond donors (Lipinski definition) is 12. The third-order valence-electron chi connectivity index (χ3n) is 20.7. The van der Waals surface area contributed by atoms with Crippen molar-refractivity contribution in [1.82, 2.24) is 25.8 Å². The smallest absolute Gasteiger partial charge is 0.0424 e. The van der Waals surface area contributed by atoms with Crippen LogP contribution in [0.5, 0.6) is 0 Å². The fourth-order valence-corrected chi connectivity index (χ4v) is 15.1. The molecule has 8 aromatic rings. The van der Waals surface area contributed by atoms with Gasteiger partial charge in [0.25, 0.3) is 9.05 Å². The van der Waals surface area contributed by atoms with E-state index in [1.807, 2.05) is 253 Å². The minimum absolute atomic E-state index is 0. The molecule has 0 radical (unpaired) electrons. The third kappa shape index (κ3) is 65.6. The van der Waals surface area contributed by atoms with E-state index in [9.17, 15) is 85.4 Å². The van der Waals surface area contributed by atoms with Crippen molar-refractivity contribution in [3.8, 4) is 0 Å². The maximum absolute atomic E-state index is 12.6. The number of carboxylic acids is 1. The van der Waals surface area contributed by atoms with Crippen molar-refractivity contribution in [3.63, 3.8) is 0 Å². The van der Waals surface area contributed by atoms with Gasteiger partial charge in [-0.15, -0.1) is 24.8 Å². The van der Waals surface area contributed by atoms with Crippen LogP contribution in [0.2, 0.25) is 0 Å². The fourth-order valence-electron chi connectivity index (χ4n) is 13.4. The molecule has 1 aliphatic heterocycles. The number of nitrogens with two attached hydrogens (primary N) is 1. The van der Waals surface area contributed by atoms with Gasteiger partial charge in [0.15, 0.2) is 0 Å². The number of ether oxygens (including phenoxy) is 1. The van der Waals surface area contributed by atoms with Crippen LogP contribution in [-0.4, -0.2) is 309 Å². The van der Waals surface area contributed by atoms with Gasteiger partial charge < -0.3 is 25.8 Å². The van der Waals surface area contributed by atoms with E-state index >= 15 is 0 Å². The van der Waals surface area contributed by atoms with E-state index in [0.717, 1.165) is 82.0 Å². The molecule has 812 valence electrons. The second kappa shape index (κ2) is 78.1. The average Bonchev–Trinajstić information content (AvgIpc) is 0.953. The van der Waals surface area contributed by atoms with E-state index in [0.29, 0.717) is 107 Å². The number of carboxylic acid groups (broad SMARTS) is 1. The molecule has 44 heteroatoms. The van der Waals surface area contributed by atoms with Crippen LogP contribution in [0.1, 0.15) is 140 Å². The predicted octanol–water partition coefficient (Wildman–Crippen LogP) is 10.3. The van der Waals surface area contributed by atoms with Gasteiger partial charge in [-0.2, -0.15) is 0 Å². The largest absolute Gasteiger partial charge is 0.417 e. The predicted molar refractivity (Wildman–Crippen MR) is 602 cm³/mol. The van der Waals surface area contributed by atoms with Crippen LogP contribution < -0.4 is 21.7 Å². The molecule has 0 saturated carbocycles. The molecule has 1 heterocycles. The van der Waals surface area contributed by atoms with Crippen molar-refractivity contribution >= 4 is 147 Å². The van der Waals surface area contributed by atoms with Gasteiger partial charge in [-0.25, -0.2) is 13.2 Å². The second-order valence-corrected chi connectivity index (χ2v) is 41.8. The molecule has 8 aromatic carbocycles. The number of carbonyl (C=O) groups excluding carboxylic acids is 2. The molecule has 0 bridgehead atoms. The summed E-state index contributed by atoms with van der Waals surface area (Å²) < 4.78 is 108. The van der Waals surface area contributed by atoms with Gasteiger partial charge in [0.05, 0.1) is 11.0 Å². The minimum atomic E-state index is -3.98. The Hall–Kier alpha value is -10.2. The van der Waals surface area contributed by atoms with Crippen LogP contribution in [0.3, 0.4) is 0 Å². The normalized spacial score (nSPS) is 14.7. The number of aliphatic hydroxyl groups is 7. The number of hydrogen-bond acceptors (Lipinski definition) is 28. The van der Waals surface area contributed by atoms with Gasteiger partial charge in [0.2, 0.25) is 0 Å². The summed E-state index contributed by atoms with van der Waals surface area (Å²) in [5, 5.41) is 87.5. The van der Waals surface area contributed by atoms with Gasteiger partial charge >= 0.3 is 636 Å². The van der Waals surface area contributed by atoms with Crippen molar-refractivity contribution in [2.75, 3.05) is 59.1 Å². The summed E-state index contributed by atoms with van der Waals surface area (Å²) in [5.74, 6) is -0.246. The van der Waals surface area contributed by atoms with Crippen LogP contribution in [0.15, 0.2) is 265 Å². The Morgan fingerprint density at radius 3 is 1.03 bits per heavy atom. The van der Waals surface area contributed by atoms with E-state index in [2.05, 4.69) is 54.8 Å². The number of carbonyl (C=O) groups is 3. The molecule has 33 nitrogen and oxygen atoms in total. The number of rotatable bonds is 47. The molecule has 1 fully saturated rings. The fraction of sp³-hybridized carbons (Fsp3) is 0.467. The summed E-state index contributed by atoms with van der Waals surface area (Å²) in [7, 11) is 0.839. The maximum atomic E-state index is 12.6. The van der Waals surface area contributed by atoms with Gasteiger partial charge in [-0.05, 0) is 72.0 Å². The second-order valence-electron chi connectivity index (χ2n) is 37.6. The minimum Gasteiger partial charge on any atom is -0.417 e. The van der Waals surface area contributed by atoms with Crippen LogP contribution in [0, 0.1) is 31.6 Å². The van der Waals surface area contributed by atoms with Crippen molar-refractivity contribution in [2.24, 2.45) is 48.4 Å². The Balaban J connectivity index is 0.00000171. The van der Waals surface area contributed by atoms with Gasteiger partial charge in [-0.1, -0.05) is 74.3 Å². The maximum Gasteiger partial charge on any atom is 0.0424 e. The zero-order valence-corrected chi connectivity index (χ0v) is 91.0. The standard InChI is InChI=1S/C20H32BN3O3.C19H33N3O2.C18H20BNO5S.C15H23BN2O2.C11H12BNO4.C11H14BNO3.C7H7ClO2S.C4H10BO.2ClH/c1-15(2)12-24(19(26)23-20(3,4)5)13-18(25)17(22-14-21-27)11-16-9-7-6-8-10-16;1-14(2)12-22(18(24)21-19(3,4)5)13-17(23)16(20)11-15-9-7-6-8-10-15;1-14-7-9-16(10-8-14)26(23,24)25-12-18(21)17(20-13-19-22)11-15-5-3-2-4-6-15;1-12(2)9-17-10-15(19)14(18-11-16-20)8-13-6-4-3-5-7-13;14-10(11(15)16)9(13-7-12-17)6-8-4-2-1-3-5-8;14-7-11(15)10(13-8-12-16)6-9-4-2-1-3-5-9;1-6-2-4-7(5-3-6)11(8,9)10;5-4-2-1-3-6-4;;/h6-10,14-15,17-18,25H,11-13H2,1-5H3,(H,23,26);6-10,14,16-17,23H,11-13,20H2,1-5H3,(H,21,24);2-10,13,17-18,21H,11-12H2,1H3;3-7,11-12,14-15,17,19H,8-10H2,1-2H3;1-5,7,9-10,14H,6H2,(H,15,16);1-5,8,10-11,14-15H,6-7H2;2-5H,1H3;4H,1-3H2,5H3;2*1H/q;;;;;;;-1;;/t17-,18+;16-,17+;17-,18+;14-,15+;9-,10-;10-,11+;;;;/m000000..../s1. The monoisotopic (exact) mass is 2160 g/mol. The third-order valence-corrected chi connectivity index (χ3v) is 23.3. The number of aliphatic hydroxyl groups excluding tert-OH is 7. The van der Waals surface area contributed by atoms with Crippen molar-refractivity contribution < 1.29 is 105 Å². The van der Waals surface area contributed by atoms with E-state index in [4.69, 9.17) is 35.5 Å². The molecule has 1 saturated heterocycles. The van der Waals surface area contributed by atoms with Crippen molar-refractivity contribution in [2.45, 2.75) is 248 Å². The molecule has 0 spiro atoms. The van der Waals surface area contributed by atoms with Crippen LogP contribution >= 0.6 is 35.5 Å². The summed E-state index contributed by atoms with van der Waals surface area (Å²) in [6.07, 6.45) is 4.98. The molecule has 4 amide bonds. The molecule has 0 aromatic heterocycles. The molecule has 149 heavy (non-hydrogen) atoms. The van der Waals surface area contributed by atoms with Gasteiger partial charge in [0.1, 0.15) is 0 Å². The number of aliphatic imine (C=N–C) groups is 5. The topological polar surface area (TPSA) is 516 Å². The molecule has 9 rings (SSSR count). The molecule has 13 atom stereocenters. The number of aliphatic carboxylic acids is 1. The first-order chi connectivity index (χ1) is 69.6. The number of halogens is 3. The van der Waals surface area contributed by atoms with Crippen LogP contribution in [0.4, 0.5) is 9.59 Å². The first-order valence-electron chi connectivity index (χ1n) is 48.2. The van der Waals surface area contributed by atoms with Crippen LogP contribution in [0.25, 0.3) is 0 Å². The Bertz CT molecular complexity index is 5410. The van der Waals surface area contributed by atoms with E-state index in [-0.39, 0.29) is 95.8 Å². The molecule has 0 aliphatic carbocycles. The Kier molecular flexibility index (Phi) is 72.7. The zero-order valence-electron chi connectivity index (χ0n) is 87.0. The molecule has 13 N–H and O–H groups in total. The average molecular weight is 2160 g/mol. The van der Waals surface area contributed by atoms with E-state index in [1.165, 1.54) is 49.3 Å².